The molecule has 4 aromatic carbocycles. The van der Waals surface area contributed by atoms with Crippen LogP contribution in [0.2, 0.25) is 0 Å². The lowest BCUT2D eigenvalue weighted by Crippen LogP contribution is -2.23. The second kappa shape index (κ2) is 8.87. The highest BCUT2D eigenvalue weighted by Gasteiger charge is 2.29. The van der Waals surface area contributed by atoms with Crippen LogP contribution in [0.3, 0.4) is 0 Å². The Labute approximate surface area is 198 Å². The summed E-state index contributed by atoms with van der Waals surface area (Å²) in [6, 6.07) is 31.5. The van der Waals surface area contributed by atoms with Gasteiger partial charge in [0, 0.05) is 17.2 Å². The van der Waals surface area contributed by atoms with Crippen LogP contribution in [0.5, 0.6) is 0 Å². The summed E-state index contributed by atoms with van der Waals surface area (Å²) in [5.74, 6) is -0.741. The molecule has 2 atom stereocenters. The van der Waals surface area contributed by atoms with Gasteiger partial charge in [0.1, 0.15) is 5.84 Å². The van der Waals surface area contributed by atoms with E-state index in [9.17, 15) is 9.90 Å². The zero-order valence-corrected chi connectivity index (χ0v) is 18.5. The molecule has 0 bridgehead atoms. The largest absolute Gasteiger partial charge is 0.478 e. The molecular weight excluding hydrogens is 422 g/mol. The number of nitrogen functional groups attached to an aromatic ring is 1. The van der Waals surface area contributed by atoms with Crippen LogP contribution in [0.25, 0.3) is 11.1 Å². The summed E-state index contributed by atoms with van der Waals surface area (Å²) in [5, 5.41) is 21.2. The quantitative estimate of drug-likeness (QED) is 0.222. The van der Waals surface area contributed by atoms with E-state index in [0.717, 1.165) is 28.8 Å². The Morgan fingerprint density at radius 3 is 2.38 bits per heavy atom. The first-order chi connectivity index (χ1) is 16.5. The molecule has 2 unspecified atom stereocenters. The zero-order valence-electron chi connectivity index (χ0n) is 18.5. The van der Waals surface area contributed by atoms with Gasteiger partial charge in [-0.25, -0.2) is 4.79 Å². The number of hydrogen-bond acceptors (Lipinski definition) is 3. The number of fused-ring (bicyclic) bond motifs is 1. The number of amidine groups is 1. The summed E-state index contributed by atoms with van der Waals surface area (Å²) in [4.78, 5) is 11.8. The molecule has 4 aromatic rings. The fourth-order valence-corrected chi connectivity index (χ4v) is 4.82. The van der Waals surface area contributed by atoms with Crippen molar-refractivity contribution in [1.82, 2.24) is 0 Å². The predicted octanol–water partition coefficient (Wildman–Crippen LogP) is 6.02. The number of benzene rings is 4. The van der Waals surface area contributed by atoms with Crippen molar-refractivity contribution in [1.29, 1.82) is 5.41 Å². The minimum atomic E-state index is -0.934. The van der Waals surface area contributed by atoms with E-state index in [1.165, 1.54) is 5.56 Å². The summed E-state index contributed by atoms with van der Waals surface area (Å²) >= 11 is 0. The molecule has 5 heteroatoms. The smallest absolute Gasteiger partial charge is 0.336 e. The van der Waals surface area contributed by atoms with Gasteiger partial charge in [-0.3, -0.25) is 5.41 Å². The third-order valence-corrected chi connectivity index (χ3v) is 6.50. The van der Waals surface area contributed by atoms with Gasteiger partial charge in [0.2, 0.25) is 0 Å². The molecule has 1 aliphatic heterocycles. The van der Waals surface area contributed by atoms with Gasteiger partial charge in [0.25, 0.3) is 0 Å². The molecule has 1 aliphatic rings. The van der Waals surface area contributed by atoms with Crippen LogP contribution in [0.1, 0.15) is 51.0 Å². The lowest BCUT2D eigenvalue weighted by Gasteiger charge is -2.34. The van der Waals surface area contributed by atoms with Crippen molar-refractivity contribution in [3.05, 3.63) is 125 Å². The maximum absolute atomic E-state index is 11.8. The summed E-state index contributed by atoms with van der Waals surface area (Å²) in [5.41, 5.74) is 12.8. The minimum Gasteiger partial charge on any atom is -0.478 e. The Morgan fingerprint density at radius 1 is 0.882 bits per heavy atom. The maximum Gasteiger partial charge on any atom is 0.336 e. The van der Waals surface area contributed by atoms with Crippen molar-refractivity contribution in [3.63, 3.8) is 0 Å². The van der Waals surface area contributed by atoms with Gasteiger partial charge >= 0.3 is 5.97 Å². The van der Waals surface area contributed by atoms with Crippen LogP contribution in [0.4, 0.5) is 5.69 Å². The van der Waals surface area contributed by atoms with Gasteiger partial charge in [-0.05, 0) is 64.6 Å². The molecule has 168 valence electrons. The van der Waals surface area contributed by atoms with E-state index >= 15 is 0 Å². The third kappa shape index (κ3) is 4.04. The number of carbonyl (C=O) groups is 1. The van der Waals surface area contributed by atoms with E-state index in [0.29, 0.717) is 16.7 Å². The maximum atomic E-state index is 11.8. The predicted molar refractivity (Wildman–Crippen MR) is 136 cm³/mol. The number of rotatable bonds is 5. The fourth-order valence-electron chi connectivity index (χ4n) is 4.82. The first kappa shape index (κ1) is 21.5. The van der Waals surface area contributed by atoms with Crippen LogP contribution in [0, 0.1) is 5.41 Å². The molecule has 0 saturated heterocycles. The molecule has 1 heterocycles. The highest BCUT2D eigenvalue weighted by Crippen LogP contribution is 2.44. The average molecular weight is 448 g/mol. The third-order valence-electron chi connectivity index (χ3n) is 6.50. The van der Waals surface area contributed by atoms with Crippen molar-refractivity contribution in [3.8, 4) is 11.1 Å². The van der Waals surface area contributed by atoms with Crippen molar-refractivity contribution in [2.24, 2.45) is 5.73 Å². The molecule has 0 radical (unpaired) electrons. The number of hydrogen-bond donors (Lipinski definition) is 4. The molecule has 0 fully saturated rings. The lowest BCUT2D eigenvalue weighted by atomic mass is 9.79. The van der Waals surface area contributed by atoms with E-state index < -0.39 is 5.97 Å². The molecule has 0 aromatic heterocycles. The van der Waals surface area contributed by atoms with Gasteiger partial charge in [0.05, 0.1) is 11.6 Å². The Balaban J connectivity index is 1.57. The van der Waals surface area contributed by atoms with E-state index in [1.54, 1.807) is 12.1 Å². The van der Waals surface area contributed by atoms with Gasteiger partial charge < -0.3 is 16.2 Å². The fraction of sp³-hybridized carbons (Fsp3) is 0.103. The van der Waals surface area contributed by atoms with E-state index in [4.69, 9.17) is 11.1 Å². The first-order valence-electron chi connectivity index (χ1n) is 11.2. The zero-order chi connectivity index (χ0) is 23.7. The second-order valence-electron chi connectivity index (χ2n) is 8.59. The highest BCUT2D eigenvalue weighted by atomic mass is 16.4. The van der Waals surface area contributed by atoms with Crippen LogP contribution < -0.4 is 11.1 Å². The molecule has 34 heavy (non-hydrogen) atoms. The number of carboxylic acids is 1. The standard InChI is InChI=1S/C29H25N3O2/c30-28(31)21-13-14-26-25(16-21)24(18-7-2-1-3-8-18)17-27(32-26)20-10-6-9-19(15-20)22-11-4-5-12-23(22)29(33)34/h1-16,24,27,32H,17H2,(H3,30,31)(H,33,34). The number of aromatic carboxylic acids is 1. The summed E-state index contributed by atoms with van der Waals surface area (Å²) in [7, 11) is 0. The molecular formula is C29H25N3O2. The van der Waals surface area contributed by atoms with Gasteiger partial charge in [-0.15, -0.1) is 0 Å². The normalized spacial score (nSPS) is 16.8. The lowest BCUT2D eigenvalue weighted by molar-refractivity contribution is 0.0697. The van der Waals surface area contributed by atoms with Crippen molar-refractivity contribution in [2.45, 2.75) is 18.4 Å². The van der Waals surface area contributed by atoms with Crippen molar-refractivity contribution in [2.75, 3.05) is 5.32 Å². The van der Waals surface area contributed by atoms with Crippen LogP contribution in [-0.4, -0.2) is 16.9 Å². The van der Waals surface area contributed by atoms with E-state index in [1.807, 2.05) is 60.7 Å². The van der Waals surface area contributed by atoms with Crippen LogP contribution in [0.15, 0.2) is 97.1 Å². The van der Waals surface area contributed by atoms with Crippen LogP contribution >= 0.6 is 0 Å². The van der Waals surface area contributed by atoms with Gasteiger partial charge in [0.15, 0.2) is 0 Å². The molecule has 0 aliphatic carbocycles. The first-order valence-corrected chi connectivity index (χ1v) is 11.2. The topological polar surface area (TPSA) is 99.2 Å². The van der Waals surface area contributed by atoms with E-state index in [2.05, 4.69) is 29.6 Å². The van der Waals surface area contributed by atoms with Crippen molar-refractivity contribution < 1.29 is 9.90 Å². The SMILES string of the molecule is N=C(N)c1ccc2c(c1)C(c1ccccc1)CC(c1cccc(-c3ccccc3C(=O)O)c1)N2. The number of anilines is 1. The molecule has 0 saturated carbocycles. The molecule has 5 N–H and O–H groups in total. The van der Waals surface area contributed by atoms with E-state index in [-0.39, 0.29) is 17.8 Å². The number of carboxylic acid groups (broad SMARTS) is 1. The number of nitrogens with one attached hydrogen (secondary N) is 2. The Morgan fingerprint density at radius 2 is 1.62 bits per heavy atom. The average Bonchev–Trinajstić information content (AvgIpc) is 2.88. The summed E-state index contributed by atoms with van der Waals surface area (Å²) < 4.78 is 0. The van der Waals surface area contributed by atoms with Crippen LogP contribution in [-0.2, 0) is 0 Å². The Kier molecular flexibility index (Phi) is 5.60. The Hall–Kier alpha value is -4.38. The van der Waals surface area contributed by atoms with Gasteiger partial charge in [-0.1, -0.05) is 66.7 Å². The number of nitrogens with two attached hydrogens (primary N) is 1. The molecule has 0 amide bonds. The van der Waals surface area contributed by atoms with Crippen molar-refractivity contribution >= 4 is 17.5 Å². The summed E-state index contributed by atoms with van der Waals surface area (Å²) in [6.45, 7) is 0. The molecule has 5 nitrogen and oxygen atoms in total. The highest BCUT2D eigenvalue weighted by molar-refractivity contribution is 5.96. The van der Waals surface area contributed by atoms with Gasteiger partial charge in [-0.2, -0.15) is 0 Å². The monoisotopic (exact) mass is 447 g/mol. The Bertz CT molecular complexity index is 1380. The molecule has 5 rings (SSSR count). The second-order valence-corrected chi connectivity index (χ2v) is 8.59. The minimum absolute atomic E-state index is 0.0397. The molecule has 0 spiro atoms. The summed E-state index contributed by atoms with van der Waals surface area (Å²) in [6.07, 6.45) is 0.822.